The lowest BCUT2D eigenvalue weighted by molar-refractivity contribution is 0.0851. The zero-order chi connectivity index (χ0) is 12.3. The van der Waals surface area contributed by atoms with Gasteiger partial charge < -0.3 is 9.47 Å². The lowest BCUT2D eigenvalue weighted by Gasteiger charge is -2.20. The molecule has 0 aliphatic rings. The Bertz CT molecular complexity index is 366. The Morgan fingerprint density at radius 1 is 1.06 bits per heavy atom. The van der Waals surface area contributed by atoms with Crippen molar-refractivity contribution in [3.63, 3.8) is 0 Å². The highest BCUT2D eigenvalue weighted by Gasteiger charge is 2.28. The monoisotopic (exact) mass is 222 g/mol. The van der Waals surface area contributed by atoms with E-state index >= 15 is 0 Å². The van der Waals surface area contributed by atoms with Crippen LogP contribution >= 0.6 is 0 Å². The predicted molar refractivity (Wildman–Crippen MR) is 63.3 cm³/mol. The van der Waals surface area contributed by atoms with E-state index in [1.165, 1.54) is 0 Å². The molecule has 3 heteroatoms. The Morgan fingerprint density at radius 2 is 1.50 bits per heavy atom. The van der Waals surface area contributed by atoms with Crippen LogP contribution in [0.2, 0.25) is 0 Å². The van der Waals surface area contributed by atoms with Crippen LogP contribution < -0.4 is 9.47 Å². The summed E-state index contributed by atoms with van der Waals surface area (Å²) < 4.78 is 10.4. The molecule has 0 aliphatic heterocycles. The van der Waals surface area contributed by atoms with E-state index in [-0.39, 0.29) is 5.78 Å². The zero-order valence-electron chi connectivity index (χ0n) is 10.5. The topological polar surface area (TPSA) is 35.5 Å². The largest absolute Gasteiger partial charge is 0.496 e. The Kier molecular flexibility index (Phi) is 3.58. The van der Waals surface area contributed by atoms with Gasteiger partial charge in [0.1, 0.15) is 17.1 Å². The van der Waals surface area contributed by atoms with E-state index in [9.17, 15) is 4.79 Å². The molecule has 88 valence electrons. The van der Waals surface area contributed by atoms with E-state index in [1.807, 2.05) is 20.8 Å². The number of hydrogen-bond acceptors (Lipinski definition) is 3. The van der Waals surface area contributed by atoms with Crippen LogP contribution in [0.1, 0.15) is 31.1 Å². The molecule has 0 saturated carbocycles. The van der Waals surface area contributed by atoms with Crippen LogP contribution in [-0.4, -0.2) is 20.0 Å². The summed E-state index contributed by atoms with van der Waals surface area (Å²) in [7, 11) is 3.10. The second kappa shape index (κ2) is 4.56. The van der Waals surface area contributed by atoms with Gasteiger partial charge in [0.15, 0.2) is 5.78 Å². The van der Waals surface area contributed by atoms with Gasteiger partial charge in [0.25, 0.3) is 0 Å². The third-order valence-corrected chi connectivity index (χ3v) is 2.34. The second-order valence-electron chi connectivity index (χ2n) is 4.62. The molecule has 1 rings (SSSR count). The molecule has 0 N–H and O–H groups in total. The van der Waals surface area contributed by atoms with E-state index in [1.54, 1.807) is 32.4 Å². The van der Waals surface area contributed by atoms with Crippen LogP contribution in [0.15, 0.2) is 18.2 Å². The van der Waals surface area contributed by atoms with Crippen LogP contribution in [-0.2, 0) is 0 Å². The van der Waals surface area contributed by atoms with Crippen molar-refractivity contribution in [2.24, 2.45) is 5.41 Å². The SMILES string of the molecule is COc1cccc(OC)c1C(=O)C(C)(C)C. The van der Waals surface area contributed by atoms with E-state index in [2.05, 4.69) is 0 Å². The van der Waals surface area contributed by atoms with Crippen molar-refractivity contribution in [2.75, 3.05) is 14.2 Å². The molecule has 0 heterocycles. The average Bonchev–Trinajstić information content (AvgIpc) is 2.25. The Balaban J connectivity index is 3.34. The molecule has 1 aromatic carbocycles. The quantitative estimate of drug-likeness (QED) is 0.738. The maximum atomic E-state index is 12.3. The van der Waals surface area contributed by atoms with E-state index in [0.717, 1.165) is 0 Å². The molecular weight excluding hydrogens is 204 g/mol. The molecule has 3 nitrogen and oxygen atoms in total. The minimum absolute atomic E-state index is 0.0156. The van der Waals surface area contributed by atoms with Crippen molar-refractivity contribution in [3.05, 3.63) is 23.8 Å². The molecule has 0 fully saturated rings. The summed E-state index contributed by atoms with van der Waals surface area (Å²) >= 11 is 0. The molecule has 1 aromatic rings. The summed E-state index contributed by atoms with van der Waals surface area (Å²) in [5.41, 5.74) is 0.0575. The first kappa shape index (κ1) is 12.6. The summed E-state index contributed by atoms with van der Waals surface area (Å²) in [5, 5.41) is 0. The third-order valence-electron chi connectivity index (χ3n) is 2.34. The number of hydrogen-bond donors (Lipinski definition) is 0. The van der Waals surface area contributed by atoms with Gasteiger partial charge in [-0.25, -0.2) is 0 Å². The first-order valence-electron chi connectivity index (χ1n) is 5.17. The molecule has 0 unspecified atom stereocenters. The van der Waals surface area contributed by atoms with Crippen molar-refractivity contribution in [3.8, 4) is 11.5 Å². The fraction of sp³-hybridized carbons (Fsp3) is 0.462. The molecule has 0 spiro atoms. The van der Waals surface area contributed by atoms with Crippen molar-refractivity contribution >= 4 is 5.78 Å². The number of Topliss-reactive ketones (excluding diaryl/α,β-unsaturated/α-hetero) is 1. The number of carbonyl (C=O) groups excluding carboxylic acids is 1. The fourth-order valence-corrected chi connectivity index (χ4v) is 1.45. The van der Waals surface area contributed by atoms with Gasteiger partial charge in [0.2, 0.25) is 0 Å². The van der Waals surface area contributed by atoms with Crippen molar-refractivity contribution < 1.29 is 14.3 Å². The van der Waals surface area contributed by atoms with E-state index in [4.69, 9.17) is 9.47 Å². The minimum Gasteiger partial charge on any atom is -0.496 e. The van der Waals surface area contributed by atoms with Gasteiger partial charge in [-0.05, 0) is 12.1 Å². The van der Waals surface area contributed by atoms with Gasteiger partial charge in [-0.2, -0.15) is 0 Å². The number of carbonyl (C=O) groups is 1. The number of ketones is 1. The van der Waals surface area contributed by atoms with Gasteiger partial charge in [-0.15, -0.1) is 0 Å². The number of rotatable bonds is 3. The number of methoxy groups -OCH3 is 2. The molecule has 0 atom stereocenters. The van der Waals surface area contributed by atoms with Crippen molar-refractivity contribution in [1.29, 1.82) is 0 Å². The number of ether oxygens (including phenoxy) is 2. The van der Waals surface area contributed by atoms with Gasteiger partial charge >= 0.3 is 0 Å². The Labute approximate surface area is 96.4 Å². The first-order valence-corrected chi connectivity index (χ1v) is 5.17. The Morgan fingerprint density at radius 3 is 1.81 bits per heavy atom. The fourth-order valence-electron chi connectivity index (χ4n) is 1.45. The standard InChI is InChI=1S/C13H18O3/c1-13(2,3)12(14)11-9(15-4)7-6-8-10(11)16-5/h6-8H,1-5H3. The van der Waals surface area contributed by atoms with Crippen LogP contribution in [0.25, 0.3) is 0 Å². The van der Waals surface area contributed by atoms with Crippen LogP contribution in [0.4, 0.5) is 0 Å². The number of benzene rings is 1. The summed E-state index contributed by atoms with van der Waals surface area (Å²) in [6, 6.07) is 5.33. The molecule has 0 bridgehead atoms. The van der Waals surface area contributed by atoms with Gasteiger partial charge in [-0.3, -0.25) is 4.79 Å². The lowest BCUT2D eigenvalue weighted by Crippen LogP contribution is -2.21. The predicted octanol–water partition coefficient (Wildman–Crippen LogP) is 2.93. The smallest absolute Gasteiger partial charge is 0.175 e. The average molecular weight is 222 g/mol. The molecule has 0 amide bonds. The zero-order valence-corrected chi connectivity index (χ0v) is 10.5. The van der Waals surface area contributed by atoms with Crippen molar-refractivity contribution in [1.82, 2.24) is 0 Å². The third kappa shape index (κ3) is 2.35. The molecule has 0 saturated heterocycles. The van der Waals surface area contributed by atoms with E-state index < -0.39 is 5.41 Å². The van der Waals surface area contributed by atoms with E-state index in [0.29, 0.717) is 17.1 Å². The van der Waals surface area contributed by atoms with Gasteiger partial charge in [0, 0.05) is 5.41 Å². The molecular formula is C13H18O3. The summed E-state index contributed by atoms with van der Waals surface area (Å²) in [5.74, 6) is 1.13. The molecule has 16 heavy (non-hydrogen) atoms. The highest BCUT2D eigenvalue weighted by molar-refractivity contribution is 6.04. The van der Waals surface area contributed by atoms with Gasteiger partial charge in [-0.1, -0.05) is 26.8 Å². The Hall–Kier alpha value is -1.51. The van der Waals surface area contributed by atoms with Crippen LogP contribution in [0, 0.1) is 5.41 Å². The summed E-state index contributed by atoms with van der Waals surface area (Å²) in [6.07, 6.45) is 0. The normalized spacial score (nSPS) is 11.1. The second-order valence-corrected chi connectivity index (χ2v) is 4.62. The highest BCUT2D eigenvalue weighted by atomic mass is 16.5. The minimum atomic E-state index is -0.456. The molecule has 0 aliphatic carbocycles. The van der Waals surface area contributed by atoms with Crippen LogP contribution in [0.5, 0.6) is 11.5 Å². The lowest BCUT2D eigenvalue weighted by atomic mass is 9.86. The maximum absolute atomic E-state index is 12.3. The summed E-state index contributed by atoms with van der Waals surface area (Å²) in [4.78, 5) is 12.3. The highest BCUT2D eigenvalue weighted by Crippen LogP contribution is 2.34. The first-order chi connectivity index (χ1) is 7.41. The molecule has 0 aromatic heterocycles. The van der Waals surface area contributed by atoms with Crippen molar-refractivity contribution in [2.45, 2.75) is 20.8 Å². The van der Waals surface area contributed by atoms with Gasteiger partial charge in [0.05, 0.1) is 14.2 Å². The van der Waals surface area contributed by atoms with Crippen LogP contribution in [0.3, 0.4) is 0 Å². The molecule has 0 radical (unpaired) electrons. The maximum Gasteiger partial charge on any atom is 0.175 e. The summed E-state index contributed by atoms with van der Waals surface area (Å²) in [6.45, 7) is 5.63.